The first-order valence-corrected chi connectivity index (χ1v) is 3.96. The molecule has 2 atom stereocenters. The molecule has 1 amide bonds. The van der Waals surface area contributed by atoms with E-state index in [1.54, 1.807) is 0 Å². The Labute approximate surface area is 74.9 Å². The third-order valence-corrected chi connectivity index (χ3v) is 2.06. The van der Waals surface area contributed by atoms with E-state index < -0.39 is 24.0 Å². The van der Waals surface area contributed by atoms with Gasteiger partial charge in [0.25, 0.3) is 0 Å². The third-order valence-electron chi connectivity index (χ3n) is 2.06. The molecule has 0 aromatic heterocycles. The van der Waals surface area contributed by atoms with Gasteiger partial charge in [-0.3, -0.25) is 4.79 Å². The predicted octanol–water partition coefficient (Wildman–Crippen LogP) is -2.01. The summed E-state index contributed by atoms with van der Waals surface area (Å²) in [5, 5.41) is 17.9. The van der Waals surface area contributed by atoms with Gasteiger partial charge in [-0.25, -0.2) is 4.79 Å². The molecule has 0 bridgehead atoms. The lowest BCUT2D eigenvalue weighted by Crippen LogP contribution is -2.43. The summed E-state index contributed by atoms with van der Waals surface area (Å²) in [6.45, 7) is -0.163. The Kier molecular flexibility index (Phi) is 2.84. The van der Waals surface area contributed by atoms with E-state index >= 15 is 0 Å². The summed E-state index contributed by atoms with van der Waals surface area (Å²) in [5.74, 6) is -1.54. The number of rotatable bonds is 2. The average molecular weight is 188 g/mol. The van der Waals surface area contributed by atoms with Gasteiger partial charge < -0.3 is 20.8 Å². The lowest BCUT2D eigenvalue weighted by molar-refractivity contribution is -0.147. The van der Waals surface area contributed by atoms with Gasteiger partial charge in [-0.1, -0.05) is 0 Å². The van der Waals surface area contributed by atoms with E-state index in [0.29, 0.717) is 0 Å². The number of aliphatic hydroxyl groups excluding tert-OH is 1. The number of amides is 1. The number of nitrogens with zero attached hydrogens (tertiary/aromatic N) is 1. The van der Waals surface area contributed by atoms with E-state index in [9.17, 15) is 9.59 Å². The molecule has 0 radical (unpaired) electrons. The van der Waals surface area contributed by atoms with Crippen LogP contribution in [0.3, 0.4) is 0 Å². The molecule has 0 aromatic carbocycles. The molecular formula is C7H12N2O4. The molecule has 0 spiro atoms. The second-order valence-corrected chi connectivity index (χ2v) is 2.99. The Morgan fingerprint density at radius 3 is 2.62 bits per heavy atom. The number of carbonyl (C=O) groups is 2. The first kappa shape index (κ1) is 9.94. The van der Waals surface area contributed by atoms with Crippen LogP contribution in [-0.4, -0.2) is 52.2 Å². The highest BCUT2D eigenvalue weighted by molar-refractivity contribution is 5.85. The molecule has 1 aliphatic rings. The van der Waals surface area contributed by atoms with Crippen LogP contribution in [0.2, 0.25) is 0 Å². The van der Waals surface area contributed by atoms with Crippen LogP contribution in [0, 0.1) is 0 Å². The number of hydrogen-bond donors (Lipinski definition) is 3. The van der Waals surface area contributed by atoms with Gasteiger partial charge in [-0.05, 0) is 0 Å². The highest BCUT2D eigenvalue weighted by Gasteiger charge is 2.38. The third kappa shape index (κ3) is 1.96. The van der Waals surface area contributed by atoms with E-state index in [4.69, 9.17) is 15.9 Å². The standard InChI is InChI=1S/C7H12N2O4/c8-2-6(11)9-3-4(10)1-5(9)7(12)13/h4-5,10H,1-3,8H2,(H,12,13). The second kappa shape index (κ2) is 3.71. The molecule has 1 heterocycles. The van der Waals surface area contributed by atoms with E-state index in [1.165, 1.54) is 0 Å². The van der Waals surface area contributed by atoms with Gasteiger partial charge >= 0.3 is 5.97 Å². The van der Waals surface area contributed by atoms with Crippen molar-refractivity contribution in [3.05, 3.63) is 0 Å². The molecule has 0 saturated carbocycles. The van der Waals surface area contributed by atoms with Crippen LogP contribution in [0.1, 0.15) is 6.42 Å². The van der Waals surface area contributed by atoms with E-state index in [1.807, 2.05) is 0 Å². The highest BCUT2D eigenvalue weighted by Crippen LogP contribution is 2.17. The highest BCUT2D eigenvalue weighted by atomic mass is 16.4. The molecule has 1 aliphatic heterocycles. The van der Waals surface area contributed by atoms with Gasteiger partial charge in [0.05, 0.1) is 12.6 Å². The van der Waals surface area contributed by atoms with Gasteiger partial charge in [0.15, 0.2) is 0 Å². The van der Waals surface area contributed by atoms with Crippen molar-refractivity contribution in [3.63, 3.8) is 0 Å². The molecule has 0 aromatic rings. The van der Waals surface area contributed by atoms with E-state index in [-0.39, 0.29) is 19.5 Å². The molecule has 2 unspecified atom stereocenters. The van der Waals surface area contributed by atoms with Gasteiger partial charge in [0, 0.05) is 13.0 Å². The van der Waals surface area contributed by atoms with Crippen molar-refractivity contribution in [1.82, 2.24) is 4.90 Å². The molecule has 6 heteroatoms. The zero-order chi connectivity index (χ0) is 10.0. The molecular weight excluding hydrogens is 176 g/mol. The fourth-order valence-corrected chi connectivity index (χ4v) is 1.44. The minimum Gasteiger partial charge on any atom is -0.480 e. The second-order valence-electron chi connectivity index (χ2n) is 2.99. The maximum atomic E-state index is 11.1. The van der Waals surface area contributed by atoms with Crippen molar-refractivity contribution in [2.75, 3.05) is 13.1 Å². The summed E-state index contributed by atoms with van der Waals surface area (Å²) in [5.41, 5.74) is 5.09. The van der Waals surface area contributed by atoms with Crippen molar-refractivity contribution in [1.29, 1.82) is 0 Å². The SMILES string of the molecule is NCC(=O)N1CC(O)CC1C(=O)O. The van der Waals surface area contributed by atoms with Gasteiger partial charge in [0.2, 0.25) is 5.91 Å². The molecule has 1 fully saturated rings. The predicted molar refractivity (Wildman–Crippen MR) is 42.8 cm³/mol. The van der Waals surface area contributed by atoms with Crippen molar-refractivity contribution in [2.24, 2.45) is 5.73 Å². The number of likely N-dealkylation sites (tertiary alicyclic amines) is 1. The van der Waals surface area contributed by atoms with Crippen LogP contribution >= 0.6 is 0 Å². The van der Waals surface area contributed by atoms with Crippen LogP contribution in [0.15, 0.2) is 0 Å². The van der Waals surface area contributed by atoms with Crippen LogP contribution in [0.25, 0.3) is 0 Å². The normalized spacial score (nSPS) is 27.7. The lowest BCUT2D eigenvalue weighted by Gasteiger charge is -2.19. The van der Waals surface area contributed by atoms with Crippen molar-refractivity contribution >= 4 is 11.9 Å². The van der Waals surface area contributed by atoms with E-state index in [2.05, 4.69) is 0 Å². The summed E-state index contributed by atoms with van der Waals surface area (Å²) in [4.78, 5) is 22.8. The zero-order valence-corrected chi connectivity index (χ0v) is 7.01. The number of hydrogen-bond acceptors (Lipinski definition) is 4. The summed E-state index contributed by atoms with van der Waals surface area (Å²) >= 11 is 0. The Morgan fingerprint density at radius 1 is 1.54 bits per heavy atom. The summed E-state index contributed by atoms with van der Waals surface area (Å²) in [6.07, 6.45) is -0.669. The van der Waals surface area contributed by atoms with Crippen LogP contribution in [-0.2, 0) is 9.59 Å². The van der Waals surface area contributed by atoms with Gasteiger partial charge in [-0.15, -0.1) is 0 Å². The first-order valence-electron chi connectivity index (χ1n) is 3.96. The molecule has 4 N–H and O–H groups in total. The number of carbonyl (C=O) groups excluding carboxylic acids is 1. The monoisotopic (exact) mass is 188 g/mol. The maximum Gasteiger partial charge on any atom is 0.326 e. The van der Waals surface area contributed by atoms with Crippen molar-refractivity contribution in [2.45, 2.75) is 18.6 Å². The molecule has 1 rings (SSSR count). The molecule has 74 valence electrons. The maximum absolute atomic E-state index is 11.1. The molecule has 0 aliphatic carbocycles. The Hall–Kier alpha value is -1.14. The average Bonchev–Trinajstić information content (AvgIpc) is 2.46. The number of nitrogens with two attached hydrogens (primary N) is 1. The van der Waals surface area contributed by atoms with Gasteiger partial charge in [-0.2, -0.15) is 0 Å². The summed E-state index contributed by atoms with van der Waals surface area (Å²) in [7, 11) is 0. The Bertz CT molecular complexity index is 231. The largest absolute Gasteiger partial charge is 0.480 e. The number of aliphatic hydroxyl groups is 1. The Balaban J connectivity index is 2.71. The van der Waals surface area contributed by atoms with Crippen LogP contribution < -0.4 is 5.73 Å². The zero-order valence-electron chi connectivity index (χ0n) is 7.01. The van der Waals surface area contributed by atoms with Gasteiger partial charge in [0.1, 0.15) is 6.04 Å². The molecule has 13 heavy (non-hydrogen) atoms. The number of carboxylic acids is 1. The smallest absolute Gasteiger partial charge is 0.326 e. The fourth-order valence-electron chi connectivity index (χ4n) is 1.44. The number of carboxylic acid groups (broad SMARTS) is 1. The minimum absolute atomic E-state index is 0.0625. The van der Waals surface area contributed by atoms with Crippen LogP contribution in [0.4, 0.5) is 0 Å². The van der Waals surface area contributed by atoms with Crippen LogP contribution in [0.5, 0.6) is 0 Å². The van der Waals surface area contributed by atoms with Crippen molar-refractivity contribution in [3.8, 4) is 0 Å². The molecule has 1 saturated heterocycles. The Morgan fingerprint density at radius 2 is 2.15 bits per heavy atom. The van der Waals surface area contributed by atoms with Crippen molar-refractivity contribution < 1.29 is 19.8 Å². The number of β-amino-alcohol motifs (C(OH)–C–C–N with tert-alkyl or cyclic N) is 1. The topological polar surface area (TPSA) is 104 Å². The minimum atomic E-state index is -1.10. The molecule has 6 nitrogen and oxygen atoms in total. The fraction of sp³-hybridized carbons (Fsp3) is 0.714. The quantitative estimate of drug-likeness (QED) is 0.464. The lowest BCUT2D eigenvalue weighted by atomic mass is 10.2. The summed E-state index contributed by atoms with van der Waals surface area (Å²) in [6, 6.07) is -0.925. The van der Waals surface area contributed by atoms with E-state index in [0.717, 1.165) is 4.90 Å². The first-order chi connectivity index (χ1) is 6.06. The summed E-state index contributed by atoms with van der Waals surface area (Å²) < 4.78 is 0. The number of aliphatic carboxylic acids is 1.